The molecule has 1 aromatic rings. The molecule has 0 aromatic carbocycles. The number of aromatic nitrogens is 1. The number of fused-ring (bicyclic) bond motifs is 1. The summed E-state index contributed by atoms with van der Waals surface area (Å²) in [5.74, 6) is 0.878. The Morgan fingerprint density at radius 3 is 2.87 bits per heavy atom. The summed E-state index contributed by atoms with van der Waals surface area (Å²) in [6.45, 7) is 0.113. The summed E-state index contributed by atoms with van der Waals surface area (Å²) >= 11 is 1.46. The third-order valence-corrected chi connectivity index (χ3v) is 4.12. The van der Waals surface area contributed by atoms with Crippen molar-refractivity contribution >= 4 is 17.3 Å². The normalized spacial score (nSPS) is 25.4. The molecule has 0 spiro atoms. The van der Waals surface area contributed by atoms with E-state index in [0.717, 1.165) is 22.6 Å². The zero-order valence-corrected chi connectivity index (χ0v) is 9.22. The molecule has 3 nitrogen and oxygen atoms in total. The quantitative estimate of drug-likeness (QED) is 0.831. The number of aliphatic hydroxyl groups is 1. The van der Waals surface area contributed by atoms with Crippen LogP contribution in [0.2, 0.25) is 0 Å². The van der Waals surface area contributed by atoms with Crippen LogP contribution in [0.4, 0.5) is 0 Å². The van der Waals surface area contributed by atoms with Gasteiger partial charge < -0.3 is 5.11 Å². The SMILES string of the molecule is O=C1CC(CO)Cc2snc(C3CC3)c21. The van der Waals surface area contributed by atoms with Crippen molar-refractivity contribution in [1.29, 1.82) is 0 Å². The van der Waals surface area contributed by atoms with Crippen molar-refractivity contribution in [1.82, 2.24) is 4.37 Å². The van der Waals surface area contributed by atoms with E-state index in [1.807, 2.05) is 0 Å². The lowest BCUT2D eigenvalue weighted by molar-refractivity contribution is 0.0919. The highest BCUT2D eigenvalue weighted by Crippen LogP contribution is 2.44. The second-order valence-electron chi connectivity index (χ2n) is 4.52. The average Bonchev–Trinajstić information content (AvgIpc) is 2.99. The molecule has 1 heterocycles. The number of Topliss-reactive ketones (excluding diaryl/α,β-unsaturated/α-hetero) is 1. The van der Waals surface area contributed by atoms with E-state index in [-0.39, 0.29) is 18.3 Å². The molecule has 1 atom stereocenters. The number of carbonyl (C=O) groups excluding carboxylic acids is 1. The molecule has 0 saturated heterocycles. The molecule has 4 heteroatoms. The molecule has 0 bridgehead atoms. The summed E-state index contributed by atoms with van der Waals surface area (Å²) in [4.78, 5) is 13.0. The van der Waals surface area contributed by atoms with Gasteiger partial charge in [0.2, 0.25) is 0 Å². The maximum absolute atomic E-state index is 11.9. The number of hydrogen-bond acceptors (Lipinski definition) is 4. The number of nitrogens with zero attached hydrogens (tertiary/aromatic N) is 1. The largest absolute Gasteiger partial charge is 0.396 e. The lowest BCUT2D eigenvalue weighted by atomic mass is 9.87. The van der Waals surface area contributed by atoms with Crippen LogP contribution in [0, 0.1) is 5.92 Å². The topological polar surface area (TPSA) is 50.2 Å². The van der Waals surface area contributed by atoms with E-state index in [2.05, 4.69) is 4.37 Å². The maximum atomic E-state index is 11.9. The predicted molar refractivity (Wildman–Crippen MR) is 57.3 cm³/mol. The third kappa shape index (κ3) is 1.52. The summed E-state index contributed by atoms with van der Waals surface area (Å²) in [5.41, 5.74) is 1.96. The molecule has 2 aliphatic rings. The molecule has 2 aliphatic carbocycles. The van der Waals surface area contributed by atoms with Crippen LogP contribution in [0.25, 0.3) is 0 Å². The molecule has 80 valence electrons. The lowest BCUT2D eigenvalue weighted by Gasteiger charge is -2.18. The highest BCUT2D eigenvalue weighted by atomic mass is 32.1. The fraction of sp³-hybridized carbons (Fsp3) is 0.636. The fourth-order valence-corrected chi connectivity index (χ4v) is 3.31. The highest BCUT2D eigenvalue weighted by molar-refractivity contribution is 7.06. The minimum Gasteiger partial charge on any atom is -0.396 e. The Morgan fingerprint density at radius 1 is 1.40 bits per heavy atom. The average molecular weight is 223 g/mol. The Bertz CT molecular complexity index is 409. The number of carbonyl (C=O) groups is 1. The van der Waals surface area contributed by atoms with Gasteiger partial charge in [-0.3, -0.25) is 4.79 Å². The molecule has 1 unspecified atom stereocenters. The van der Waals surface area contributed by atoms with Gasteiger partial charge in [0.15, 0.2) is 5.78 Å². The standard InChI is InChI=1S/C11H13NO2S/c13-5-6-3-8(14)10-9(4-6)15-12-11(10)7-1-2-7/h6-7,13H,1-5H2. The molecular weight excluding hydrogens is 210 g/mol. The maximum Gasteiger partial charge on any atom is 0.166 e. The summed E-state index contributed by atoms with van der Waals surface area (Å²) < 4.78 is 4.42. The van der Waals surface area contributed by atoms with E-state index in [1.165, 1.54) is 24.4 Å². The molecule has 0 radical (unpaired) electrons. The summed E-state index contributed by atoms with van der Waals surface area (Å²) in [6.07, 6.45) is 3.71. The molecule has 1 fully saturated rings. The summed E-state index contributed by atoms with van der Waals surface area (Å²) in [7, 11) is 0. The minimum atomic E-state index is 0.113. The van der Waals surface area contributed by atoms with Gasteiger partial charge in [-0.25, -0.2) is 0 Å². The molecule has 1 N–H and O–H groups in total. The fourth-order valence-electron chi connectivity index (χ4n) is 2.24. The van der Waals surface area contributed by atoms with Gasteiger partial charge in [0.25, 0.3) is 0 Å². The zero-order chi connectivity index (χ0) is 10.4. The first-order chi connectivity index (χ1) is 7.29. The second-order valence-corrected chi connectivity index (χ2v) is 5.38. The van der Waals surface area contributed by atoms with Crippen LogP contribution < -0.4 is 0 Å². The van der Waals surface area contributed by atoms with Crippen molar-refractivity contribution in [3.05, 3.63) is 16.1 Å². The van der Waals surface area contributed by atoms with Gasteiger partial charge in [-0.05, 0) is 36.7 Å². The molecular formula is C11H13NO2S. The van der Waals surface area contributed by atoms with Gasteiger partial charge >= 0.3 is 0 Å². The Hall–Kier alpha value is -0.740. The Labute approximate surface area is 92.3 Å². The first kappa shape index (κ1) is 9.48. The molecule has 1 saturated carbocycles. The van der Waals surface area contributed by atoms with E-state index in [1.54, 1.807) is 0 Å². The van der Waals surface area contributed by atoms with Crippen LogP contribution in [-0.2, 0) is 6.42 Å². The third-order valence-electron chi connectivity index (χ3n) is 3.24. The molecule has 15 heavy (non-hydrogen) atoms. The van der Waals surface area contributed by atoms with Crippen molar-refractivity contribution in [2.45, 2.75) is 31.6 Å². The van der Waals surface area contributed by atoms with Crippen LogP contribution in [-0.4, -0.2) is 21.9 Å². The Balaban J connectivity index is 1.99. The van der Waals surface area contributed by atoms with Gasteiger partial charge in [0.05, 0.1) is 11.3 Å². The van der Waals surface area contributed by atoms with Crippen LogP contribution in [0.3, 0.4) is 0 Å². The van der Waals surface area contributed by atoms with Crippen LogP contribution in [0.15, 0.2) is 0 Å². The van der Waals surface area contributed by atoms with Gasteiger partial charge in [-0.15, -0.1) is 0 Å². The smallest absolute Gasteiger partial charge is 0.166 e. The monoisotopic (exact) mass is 223 g/mol. The van der Waals surface area contributed by atoms with Crippen LogP contribution in [0.5, 0.6) is 0 Å². The summed E-state index contributed by atoms with van der Waals surface area (Å²) in [6, 6.07) is 0. The number of hydrogen-bond donors (Lipinski definition) is 1. The van der Waals surface area contributed by atoms with E-state index in [4.69, 9.17) is 5.11 Å². The first-order valence-electron chi connectivity index (χ1n) is 5.42. The van der Waals surface area contributed by atoms with Crippen LogP contribution in [0.1, 0.15) is 46.1 Å². The van der Waals surface area contributed by atoms with Gasteiger partial charge in [0, 0.05) is 23.8 Å². The van der Waals surface area contributed by atoms with Crippen molar-refractivity contribution in [2.75, 3.05) is 6.61 Å². The molecule has 3 rings (SSSR count). The van der Waals surface area contributed by atoms with Crippen molar-refractivity contribution in [3.63, 3.8) is 0 Å². The molecule has 0 aliphatic heterocycles. The van der Waals surface area contributed by atoms with Crippen molar-refractivity contribution in [3.8, 4) is 0 Å². The summed E-state index contributed by atoms with van der Waals surface area (Å²) in [5, 5.41) is 9.09. The first-order valence-corrected chi connectivity index (χ1v) is 6.19. The van der Waals surface area contributed by atoms with E-state index in [9.17, 15) is 4.79 Å². The van der Waals surface area contributed by atoms with E-state index < -0.39 is 0 Å². The number of ketones is 1. The molecule has 0 amide bonds. The Morgan fingerprint density at radius 2 is 2.20 bits per heavy atom. The predicted octanol–water partition coefficient (Wildman–Crippen LogP) is 1.76. The lowest BCUT2D eigenvalue weighted by Crippen LogP contribution is -2.21. The Kier molecular flexibility index (Phi) is 2.14. The van der Waals surface area contributed by atoms with Gasteiger partial charge in [-0.2, -0.15) is 4.37 Å². The minimum absolute atomic E-state index is 0.113. The van der Waals surface area contributed by atoms with Crippen LogP contribution >= 0.6 is 11.5 Å². The van der Waals surface area contributed by atoms with Crippen molar-refractivity contribution in [2.24, 2.45) is 5.92 Å². The number of rotatable bonds is 2. The zero-order valence-electron chi connectivity index (χ0n) is 8.40. The second kappa shape index (κ2) is 3.39. The van der Waals surface area contributed by atoms with E-state index in [0.29, 0.717) is 12.3 Å². The number of aliphatic hydroxyl groups excluding tert-OH is 1. The van der Waals surface area contributed by atoms with Crippen molar-refractivity contribution < 1.29 is 9.90 Å². The molecule has 1 aromatic heterocycles. The van der Waals surface area contributed by atoms with Gasteiger partial charge in [0.1, 0.15) is 0 Å². The van der Waals surface area contributed by atoms with E-state index >= 15 is 0 Å². The highest BCUT2D eigenvalue weighted by Gasteiger charge is 2.36. The van der Waals surface area contributed by atoms with Gasteiger partial charge in [-0.1, -0.05) is 0 Å².